The van der Waals surface area contributed by atoms with Crippen molar-refractivity contribution in [2.24, 2.45) is 28.6 Å². The van der Waals surface area contributed by atoms with E-state index in [1.807, 2.05) is 17.5 Å². The number of nitrogen functional groups attached to an aromatic ring is 1. The fourth-order valence-corrected chi connectivity index (χ4v) is 27.9. The number of rotatable bonds is 33. The number of carbonyl (C=O) groups excluding carboxylic acids is 18. The van der Waals surface area contributed by atoms with Gasteiger partial charge in [0, 0.05) is 121 Å². The van der Waals surface area contributed by atoms with Gasteiger partial charge in [-0.2, -0.15) is 0 Å². The first kappa shape index (κ1) is 129. The van der Waals surface area contributed by atoms with E-state index < -0.39 is 176 Å². The van der Waals surface area contributed by atoms with Crippen LogP contribution in [0.4, 0.5) is 9.93 Å². The number of thiazole rings is 1. The molecule has 11 aliphatic heterocycles. The van der Waals surface area contributed by atoms with Crippen LogP contribution < -0.4 is 185 Å². The van der Waals surface area contributed by atoms with Gasteiger partial charge in [-0.05, 0) is 55.1 Å². The van der Waals surface area contributed by atoms with Crippen molar-refractivity contribution in [3.63, 3.8) is 0 Å². The number of primary amides is 1. The molecule has 6 aromatic rings. The Morgan fingerprint density at radius 1 is 0.725 bits per heavy atom. The number of pyridine rings is 1. The van der Waals surface area contributed by atoms with E-state index in [9.17, 15) is 128 Å². The van der Waals surface area contributed by atoms with Crippen LogP contribution in [-0.4, -0.2) is 311 Å². The number of β-lactam (4-membered cyclic amide) rings is 5. The molecule has 149 heavy (non-hydrogen) atoms. The van der Waals surface area contributed by atoms with Crippen molar-refractivity contribution >= 4 is 214 Å². The van der Waals surface area contributed by atoms with Crippen LogP contribution in [-0.2, 0) is 135 Å². The Labute approximate surface area is 986 Å². The summed E-state index contributed by atoms with van der Waals surface area (Å²) < 4.78 is 71.1. The number of hydrogen-bond donors (Lipinski definition) is 5. The number of ether oxygens (including phenoxy) is 2. The van der Waals surface area contributed by atoms with Gasteiger partial charge in [0.05, 0.1) is 99.6 Å². The summed E-state index contributed by atoms with van der Waals surface area (Å²) in [4.78, 5) is 245. The minimum absolute atomic E-state index is 0. The molecular weight excluding hydrogens is 2160 g/mol. The molecule has 11 aliphatic rings. The number of nitrogens with two attached hydrogens (primary N) is 2. The Morgan fingerprint density at radius 2 is 1.29 bits per heavy atom. The fraction of sp³-hybridized carbons (Fsp3) is 0.409. The Kier molecular flexibility index (Phi) is 47.9. The maximum absolute atomic E-state index is 13.2. The van der Waals surface area contributed by atoms with Gasteiger partial charge in [0.1, 0.15) is 63.0 Å². The number of nitrogens with one attached hydrogen (secondary N) is 2. The second kappa shape index (κ2) is 55.1. The van der Waals surface area contributed by atoms with E-state index in [1.165, 1.54) is 154 Å². The third kappa shape index (κ3) is 28.3. The Bertz CT molecular complexity index is 6500. The number of anilines is 1. The summed E-state index contributed by atoms with van der Waals surface area (Å²) in [6.07, 6.45) is 8.95. The molecule has 0 spiro atoms. The number of carbonyl (C=O) groups is 17. The van der Waals surface area contributed by atoms with Gasteiger partial charge in [0.25, 0.3) is 0 Å². The number of hydrogen-bond acceptors (Lipinski definition) is 42. The van der Waals surface area contributed by atoms with Crippen LogP contribution in [0.2, 0.25) is 0 Å². The van der Waals surface area contributed by atoms with Crippen molar-refractivity contribution in [2.75, 3.05) is 56.4 Å². The molecule has 0 saturated carbocycles. The first-order valence-electron chi connectivity index (χ1n) is 43.0. The number of oxime groups is 1. The number of nitrogens with zero attached hydrogens (tertiary/aromatic N) is 12. The number of esters is 2. The van der Waals surface area contributed by atoms with E-state index in [4.69, 9.17) is 25.8 Å². The second-order valence-corrected chi connectivity index (χ2v) is 45.0. The topological polar surface area (TPSA) is 725 Å². The molecule has 0 radical (unpaired) electrons. The summed E-state index contributed by atoms with van der Waals surface area (Å²) in [6, 6.07) is 19.1. The first-order valence-corrected chi connectivity index (χ1v) is 51.8. The molecule has 9 N–H and O–H groups in total. The van der Waals surface area contributed by atoms with Gasteiger partial charge < -0.3 is 101 Å². The van der Waals surface area contributed by atoms with E-state index in [0.717, 1.165) is 30.9 Å². The molecule has 8 fully saturated rings. The van der Waals surface area contributed by atoms with Crippen LogP contribution in [0.1, 0.15) is 110 Å². The number of carboxylic acid groups (broad SMARTS) is 3. The predicted octanol–water partition coefficient (Wildman–Crippen LogP) is -16.8. The molecule has 0 aliphatic carbocycles. The number of aromatic nitrogens is 5. The van der Waals surface area contributed by atoms with Crippen molar-refractivity contribution in [1.82, 2.24) is 60.0 Å². The van der Waals surface area contributed by atoms with Crippen LogP contribution in [0.3, 0.4) is 0 Å². The zero-order valence-corrected chi connectivity index (χ0v) is 98.2. The SMILES string of the molecule is CC(=O)OCC1=C(C(=O)O)N2C(=O)[C@@H](CC(=O)Cc3cccs3)[C@H]2SC1.CC1(C)S[C@@H]2[C@H](NC(=O)[C@H](CC(=O)N3CCNC3=O)c3ccccc3)C(=O)N2[C@H]1C(=O)[O-].CO/N=C(\C(=O)C[C@@H]1C(=O)N2C([C-]=O)=C(COC(C)=O)CS[C@H]12)c1csc(N)n1.C[C@]1(Cn2ccnn2)[C@H]([C-]=O)N2C(=O)C[C@H]2S1(=O)=O.NC(=O)c1cc[n+](CC2=C(C(=O)[O-])N3C(=O)[C@@H](CC(=O)[C@@H](c4ccccc4)S(=O)(=O)[O-])[C@H]3SC2)cc1.[Na+].[Na+].[Na+].[Na+].[Na+].[OH-].[OH-]. The van der Waals surface area contributed by atoms with E-state index in [2.05, 4.69) is 31.1 Å². The third-order valence-electron chi connectivity index (χ3n) is 24.4. The minimum Gasteiger partial charge on any atom is -0.870 e. The Balaban J connectivity index is 0.000000284. The number of thiophene rings is 1. The summed E-state index contributed by atoms with van der Waals surface area (Å²) in [5.74, 6) is -12.4. The second-order valence-electron chi connectivity index (χ2n) is 34.0. The van der Waals surface area contributed by atoms with Gasteiger partial charge >= 0.3 is 172 Å². The molecule has 0 bridgehead atoms. The molecule has 4 aromatic heterocycles. The van der Waals surface area contributed by atoms with Crippen LogP contribution in [0, 0.1) is 17.8 Å². The monoisotopic (exact) mass is 2250 g/mol. The molecular formula is C88H90N16Na5O32S8-. The van der Waals surface area contributed by atoms with Crippen molar-refractivity contribution in [1.29, 1.82) is 0 Å². The number of aliphatic carboxylic acids is 3. The number of urea groups is 1. The first-order chi connectivity index (χ1) is 67.3. The number of benzene rings is 2. The van der Waals surface area contributed by atoms with E-state index >= 15 is 0 Å². The van der Waals surface area contributed by atoms with Crippen LogP contribution >= 0.6 is 69.7 Å². The van der Waals surface area contributed by atoms with Crippen molar-refractivity contribution < 1.29 is 305 Å². The van der Waals surface area contributed by atoms with Crippen LogP contribution in [0.15, 0.2) is 159 Å². The number of ketones is 3. The van der Waals surface area contributed by atoms with E-state index in [1.54, 1.807) is 85.2 Å². The number of thioether (sulfide) groups is 4. The molecule has 8 saturated heterocycles. The molecule has 48 nitrogen and oxygen atoms in total. The maximum Gasteiger partial charge on any atom is 1.00 e. The number of imide groups is 1. The molecule has 17 rings (SSSR count). The Morgan fingerprint density at radius 3 is 1.79 bits per heavy atom. The standard InChI is InChI=1S/C23H21N3O8S2.C21H24N4O6S.C17H17N4O6S2.C17H17NO6S2.C10H11N4O4S.5Na.2H2O/c24-20(28)14-6-8-25(9-7-14)11-15-12-35-22-16(21(29)26(22)18(15)23(30)31)10-17(27)19(36(32,33)34)13-4-2-1-3-5-13;1-21(2)15(19(29)30)25-17(28)14(18(25)32-21)23-16(27)12(11-6-4-3-5-7-11)10-13(26)24-9-8-22-20(24)31;1-8(23)27-5-9-6-28-16-10(15(25)21(16)12(9)4-22)3-13(24)14(20-26-2)11-7-29-17(18)19-11;1-9(19)24-7-10-8-26-16-13(15(21)18(16)14(10)17(22)23)6-11(20)5-12-3-2-4-25-12;1-10(6-13-3-2-11-12-13)7(5-15)14-8(16)4-9(14)19(10,17)18;;;;;;;/h1-9,16,19,22H,10-12H2,(H3-,24,28,30,31,32,33,34);3-7,12,14-15,18H,8-10H2,1-2H3,(H,22,31)(H,23,27)(H,29,30);7,10,16H,3,5-6H2,1-2H3,(H2,18,19);2-4,13,16H,5-8H2,1H3,(H,22,23);2-3,7,9H,4,6H2,1H3;;;;;;2*1H2/q;;-1;;-1;5*+1;;/p-4/b;;20-14-;;;;;;;;;/t16-,19-,22-;12-,14-,15+,18-;10-,16-;13-,16-;7-,9+,10-;;;;;;;/m11110......./s1. The maximum atomic E-state index is 13.2. The average molecular weight is 2260 g/mol. The Hall–Kier alpha value is -8.34. The molecule has 2 aromatic carbocycles. The molecule has 61 heteroatoms. The summed E-state index contributed by atoms with van der Waals surface area (Å²) in [5.41, 5.74) is 12.9. The summed E-state index contributed by atoms with van der Waals surface area (Å²) in [6.45, 7) is 7.80. The summed E-state index contributed by atoms with van der Waals surface area (Å²) >= 11 is 7.96. The van der Waals surface area contributed by atoms with Crippen LogP contribution in [0.25, 0.3) is 0 Å². The molecule has 14 atom stereocenters. The molecule has 0 unspecified atom stereocenters. The van der Waals surface area contributed by atoms with Crippen LogP contribution in [0.5, 0.6) is 0 Å². The van der Waals surface area contributed by atoms with Gasteiger partial charge in [-0.15, -0.1) is 80.4 Å². The number of Topliss-reactive ketones (excluding diaryl/α,β-unsaturated/α-hetero) is 3. The number of carboxylic acids is 3. The van der Waals surface area contributed by atoms with E-state index in [0.29, 0.717) is 40.3 Å². The van der Waals surface area contributed by atoms with Gasteiger partial charge in [-0.25, -0.2) is 42.3 Å². The molecule has 10 amide bonds. The van der Waals surface area contributed by atoms with Gasteiger partial charge in [-0.1, -0.05) is 82.8 Å². The summed E-state index contributed by atoms with van der Waals surface area (Å²) in [7, 11) is -7.39. The quantitative estimate of drug-likeness (QED) is 0.00373. The smallest absolute Gasteiger partial charge is 0.870 e. The zero-order chi connectivity index (χ0) is 103. The average Bonchev–Trinajstić information content (AvgIpc) is 1.52. The van der Waals surface area contributed by atoms with E-state index in [-0.39, 0.29) is 308 Å². The van der Waals surface area contributed by atoms with Crippen molar-refractivity contribution in [2.45, 2.75) is 152 Å². The molecule has 15 heterocycles. The largest absolute Gasteiger partial charge is 1.00 e. The summed E-state index contributed by atoms with van der Waals surface area (Å²) in [5, 5.41) is 48.2. The minimum atomic E-state index is -5.05. The van der Waals surface area contributed by atoms with Gasteiger partial charge in [0.15, 0.2) is 51.2 Å². The third-order valence-corrected chi connectivity index (χ3v) is 35.6. The normalized spacial score (nSPS) is 23.2. The van der Waals surface area contributed by atoms with Crippen molar-refractivity contribution in [3.8, 4) is 0 Å². The number of amides is 10. The molecule has 768 valence electrons. The fourth-order valence-electron chi connectivity index (χ4n) is 17.5. The number of allylic oxidation sites excluding steroid dienone is 1. The number of fused-ring (bicyclic) bond motifs is 5. The van der Waals surface area contributed by atoms with Crippen molar-refractivity contribution in [3.05, 3.63) is 182 Å². The number of sulfone groups is 1. The predicted molar refractivity (Wildman–Crippen MR) is 501 cm³/mol. The van der Waals surface area contributed by atoms with Gasteiger partial charge in [0.2, 0.25) is 47.3 Å². The zero-order valence-electron chi connectivity index (χ0n) is 81.6. The van der Waals surface area contributed by atoms with Gasteiger partial charge in [-0.3, -0.25) is 81.7 Å².